The van der Waals surface area contributed by atoms with Crippen molar-refractivity contribution in [1.82, 2.24) is 0 Å². The van der Waals surface area contributed by atoms with Crippen LogP contribution < -0.4 is 0 Å². The van der Waals surface area contributed by atoms with Gasteiger partial charge < -0.3 is 4.74 Å². The maximum absolute atomic E-state index is 12.3. The van der Waals surface area contributed by atoms with Crippen LogP contribution in [-0.2, 0) is 9.53 Å². The highest BCUT2D eigenvalue weighted by atomic mass is 35.5. The Morgan fingerprint density at radius 3 is 2.88 bits per heavy atom. The Balaban J connectivity index is 2.48. The van der Waals surface area contributed by atoms with Crippen LogP contribution in [0.3, 0.4) is 0 Å². The minimum absolute atomic E-state index is 0.222. The van der Waals surface area contributed by atoms with Crippen LogP contribution in [0.25, 0.3) is 0 Å². The number of ketones is 1. The topological polar surface area (TPSA) is 43.4 Å². The van der Waals surface area contributed by atoms with Crippen LogP contribution in [-0.4, -0.2) is 24.6 Å². The van der Waals surface area contributed by atoms with Gasteiger partial charge in [-0.3, -0.25) is 9.59 Å². The smallest absolute Gasteiger partial charge is 0.320 e. The summed E-state index contributed by atoms with van der Waals surface area (Å²) in [5, 5.41) is 0.492. The van der Waals surface area contributed by atoms with Crippen molar-refractivity contribution in [1.29, 1.82) is 0 Å². The molecule has 0 saturated carbocycles. The van der Waals surface area contributed by atoms with Gasteiger partial charge in [0.05, 0.1) is 7.11 Å². The summed E-state index contributed by atoms with van der Waals surface area (Å²) in [5.41, 5.74) is -0.612. The van der Waals surface area contributed by atoms with Crippen LogP contribution >= 0.6 is 23.4 Å². The van der Waals surface area contributed by atoms with Crippen molar-refractivity contribution in [2.24, 2.45) is 5.41 Å². The monoisotopic (exact) mass is 270 g/mol. The molecule has 0 spiro atoms. The van der Waals surface area contributed by atoms with E-state index in [1.54, 1.807) is 25.1 Å². The van der Waals surface area contributed by atoms with Crippen LogP contribution in [0.5, 0.6) is 0 Å². The third kappa shape index (κ3) is 1.96. The third-order valence-electron chi connectivity index (χ3n) is 2.84. The van der Waals surface area contributed by atoms with E-state index in [1.165, 1.54) is 18.9 Å². The molecule has 0 aromatic heterocycles. The molecule has 17 heavy (non-hydrogen) atoms. The lowest BCUT2D eigenvalue weighted by Gasteiger charge is -2.30. The number of benzene rings is 1. The average Bonchev–Trinajstić information content (AvgIpc) is 2.33. The van der Waals surface area contributed by atoms with Crippen molar-refractivity contribution in [3.63, 3.8) is 0 Å². The van der Waals surface area contributed by atoms with Gasteiger partial charge in [-0.15, -0.1) is 11.8 Å². The zero-order valence-electron chi connectivity index (χ0n) is 9.45. The van der Waals surface area contributed by atoms with Gasteiger partial charge in [-0.2, -0.15) is 0 Å². The predicted octanol–water partition coefficient (Wildman–Crippen LogP) is 2.81. The fraction of sp³-hybridized carbons (Fsp3) is 0.333. The number of rotatable bonds is 1. The molecule has 1 heterocycles. The normalized spacial score (nSPS) is 23.1. The molecule has 1 atom stereocenters. The molecule has 0 N–H and O–H groups in total. The molecule has 1 unspecified atom stereocenters. The van der Waals surface area contributed by atoms with Crippen LogP contribution in [0.1, 0.15) is 17.3 Å². The Kier molecular flexibility index (Phi) is 3.19. The number of hydrogen-bond acceptors (Lipinski definition) is 4. The quantitative estimate of drug-likeness (QED) is 0.581. The highest BCUT2D eigenvalue weighted by molar-refractivity contribution is 7.99. The predicted molar refractivity (Wildman–Crippen MR) is 66.6 cm³/mol. The maximum Gasteiger partial charge on any atom is 0.320 e. The number of methoxy groups -OCH3 is 1. The fourth-order valence-electron chi connectivity index (χ4n) is 1.77. The molecule has 5 heteroatoms. The van der Waals surface area contributed by atoms with E-state index >= 15 is 0 Å². The van der Waals surface area contributed by atoms with E-state index in [1.807, 2.05) is 0 Å². The zero-order valence-corrected chi connectivity index (χ0v) is 11.0. The zero-order chi connectivity index (χ0) is 12.6. The fourth-order valence-corrected chi connectivity index (χ4v) is 3.10. The van der Waals surface area contributed by atoms with Crippen molar-refractivity contribution in [2.45, 2.75) is 11.8 Å². The summed E-state index contributed by atoms with van der Waals surface area (Å²) < 4.78 is 4.70. The summed E-state index contributed by atoms with van der Waals surface area (Å²) in [7, 11) is 1.29. The van der Waals surface area contributed by atoms with Crippen molar-refractivity contribution in [2.75, 3.05) is 12.9 Å². The summed E-state index contributed by atoms with van der Waals surface area (Å²) in [6.45, 7) is 1.61. The Morgan fingerprint density at radius 2 is 2.24 bits per heavy atom. The molecule has 0 amide bonds. The van der Waals surface area contributed by atoms with Gasteiger partial charge in [0, 0.05) is 21.2 Å². The average molecular weight is 271 g/mol. The summed E-state index contributed by atoms with van der Waals surface area (Å²) in [4.78, 5) is 24.9. The lowest BCUT2D eigenvalue weighted by molar-refractivity contribution is -0.147. The Labute approximate surface area is 108 Å². The van der Waals surface area contributed by atoms with Gasteiger partial charge in [-0.25, -0.2) is 0 Å². The maximum atomic E-state index is 12.3. The molecule has 1 aromatic carbocycles. The van der Waals surface area contributed by atoms with E-state index < -0.39 is 11.4 Å². The lowest BCUT2D eigenvalue weighted by Crippen LogP contribution is -2.42. The highest BCUT2D eigenvalue weighted by Gasteiger charge is 2.46. The second-order valence-corrected chi connectivity index (χ2v) is 5.54. The Hall–Kier alpha value is -1.00. The first-order valence-corrected chi connectivity index (χ1v) is 6.41. The SMILES string of the molecule is COC(=O)C1(C)CSc2ccc(Cl)cc2C1=O. The van der Waals surface area contributed by atoms with E-state index in [0.29, 0.717) is 16.3 Å². The van der Waals surface area contributed by atoms with Gasteiger partial charge in [-0.05, 0) is 25.1 Å². The molecule has 0 radical (unpaired) electrons. The molecule has 3 nitrogen and oxygen atoms in total. The van der Waals surface area contributed by atoms with Crippen LogP contribution in [0, 0.1) is 5.41 Å². The molecular formula is C12H11ClO3S. The van der Waals surface area contributed by atoms with Gasteiger partial charge in [0.2, 0.25) is 0 Å². The van der Waals surface area contributed by atoms with E-state index in [2.05, 4.69) is 0 Å². The second kappa shape index (κ2) is 4.35. The summed E-state index contributed by atoms with van der Waals surface area (Å²) in [5.74, 6) is -0.325. The van der Waals surface area contributed by atoms with Crippen molar-refractivity contribution < 1.29 is 14.3 Å². The molecular weight excluding hydrogens is 260 g/mol. The number of esters is 1. The number of carbonyl (C=O) groups excluding carboxylic acids is 2. The standard InChI is InChI=1S/C12H11ClO3S/c1-12(11(15)16-2)6-17-9-4-3-7(13)5-8(9)10(12)14/h3-5H,6H2,1-2H3. The molecule has 0 aliphatic carbocycles. The number of Topliss-reactive ketones (excluding diaryl/α,β-unsaturated/α-hetero) is 1. The summed E-state index contributed by atoms with van der Waals surface area (Å²) in [6.07, 6.45) is 0. The number of fused-ring (bicyclic) bond motifs is 1. The van der Waals surface area contributed by atoms with Gasteiger partial charge in [0.25, 0.3) is 0 Å². The minimum Gasteiger partial charge on any atom is -0.468 e. The molecule has 0 saturated heterocycles. The first-order valence-electron chi connectivity index (χ1n) is 5.04. The van der Waals surface area contributed by atoms with Gasteiger partial charge in [0.1, 0.15) is 5.41 Å². The van der Waals surface area contributed by atoms with Crippen LogP contribution in [0.2, 0.25) is 5.02 Å². The first-order chi connectivity index (χ1) is 7.99. The number of carbonyl (C=O) groups is 2. The number of hydrogen-bond donors (Lipinski definition) is 0. The van der Waals surface area contributed by atoms with Gasteiger partial charge in [-0.1, -0.05) is 11.6 Å². The summed E-state index contributed by atoms with van der Waals surface area (Å²) >= 11 is 7.34. The molecule has 0 bridgehead atoms. The van der Waals surface area contributed by atoms with Crippen molar-refractivity contribution in [3.8, 4) is 0 Å². The van der Waals surface area contributed by atoms with Gasteiger partial charge in [0.15, 0.2) is 5.78 Å². The van der Waals surface area contributed by atoms with E-state index in [4.69, 9.17) is 16.3 Å². The van der Waals surface area contributed by atoms with Crippen LogP contribution in [0.4, 0.5) is 0 Å². The first kappa shape index (κ1) is 12.5. The second-order valence-electron chi connectivity index (χ2n) is 4.08. The number of thioether (sulfide) groups is 1. The molecule has 90 valence electrons. The molecule has 2 rings (SSSR count). The van der Waals surface area contributed by atoms with E-state index in [-0.39, 0.29) is 5.78 Å². The Bertz CT molecular complexity index is 501. The van der Waals surface area contributed by atoms with E-state index in [0.717, 1.165) is 4.90 Å². The molecule has 0 fully saturated rings. The molecule has 1 aromatic rings. The van der Waals surface area contributed by atoms with E-state index in [9.17, 15) is 9.59 Å². The van der Waals surface area contributed by atoms with Crippen molar-refractivity contribution >= 4 is 35.1 Å². The largest absolute Gasteiger partial charge is 0.468 e. The van der Waals surface area contributed by atoms with Crippen LogP contribution in [0.15, 0.2) is 23.1 Å². The van der Waals surface area contributed by atoms with Crippen molar-refractivity contribution in [3.05, 3.63) is 28.8 Å². The lowest BCUT2D eigenvalue weighted by atomic mass is 9.83. The minimum atomic E-state index is -1.11. The summed E-state index contributed by atoms with van der Waals surface area (Å²) in [6, 6.07) is 5.14. The third-order valence-corrected chi connectivity index (χ3v) is 4.46. The number of halogens is 1. The Morgan fingerprint density at radius 1 is 1.53 bits per heavy atom. The number of ether oxygens (including phenoxy) is 1. The molecule has 1 aliphatic rings. The van der Waals surface area contributed by atoms with Gasteiger partial charge >= 0.3 is 5.97 Å². The highest BCUT2D eigenvalue weighted by Crippen LogP contribution is 2.41. The molecule has 1 aliphatic heterocycles.